The van der Waals surface area contributed by atoms with E-state index in [0.717, 1.165) is 30.6 Å². The highest BCUT2D eigenvalue weighted by molar-refractivity contribution is 5.98. The molecule has 0 aliphatic carbocycles. The van der Waals surface area contributed by atoms with E-state index in [9.17, 15) is 4.79 Å². The van der Waals surface area contributed by atoms with Crippen LogP contribution in [-0.4, -0.2) is 48.4 Å². The first-order valence-electron chi connectivity index (χ1n) is 12.3. The van der Waals surface area contributed by atoms with Crippen LogP contribution in [0.3, 0.4) is 0 Å². The maximum atomic E-state index is 11.8. The summed E-state index contributed by atoms with van der Waals surface area (Å²) in [5, 5.41) is 14.0. The third-order valence-corrected chi connectivity index (χ3v) is 5.13. The average molecular weight is 477 g/mol. The largest absolute Gasteiger partial charge is 0.405 e. The first-order chi connectivity index (χ1) is 16.3. The number of carbonyl (C=O) groups excluding carboxylic acids is 1. The first-order valence-corrected chi connectivity index (χ1v) is 12.3. The Balaban J connectivity index is 0.000000524. The number of aliphatic imine (C=N–C) groups is 1. The highest BCUT2D eigenvalue weighted by atomic mass is 16.3. The molecule has 0 aromatic carbocycles. The molecule has 0 radical (unpaired) electrons. The maximum Gasteiger partial charge on any atom is 0.253 e. The molecule has 34 heavy (non-hydrogen) atoms. The zero-order valence-electron chi connectivity index (χ0n) is 22.2. The summed E-state index contributed by atoms with van der Waals surface area (Å²) in [6, 6.07) is 0. The monoisotopic (exact) mass is 476 g/mol. The lowest BCUT2D eigenvalue weighted by molar-refractivity contribution is 0.0953. The number of carbonyl (C=O) groups is 1. The quantitative estimate of drug-likeness (QED) is 0.188. The number of aromatic nitrogens is 1. The second kappa shape index (κ2) is 18.8. The molecule has 2 rings (SSSR count). The zero-order chi connectivity index (χ0) is 25.8. The van der Waals surface area contributed by atoms with Crippen LogP contribution in [0.1, 0.15) is 88.3 Å². The Hall–Kier alpha value is -2.58. The van der Waals surface area contributed by atoms with Gasteiger partial charge >= 0.3 is 0 Å². The van der Waals surface area contributed by atoms with E-state index < -0.39 is 0 Å². The van der Waals surface area contributed by atoms with Crippen LogP contribution in [0.25, 0.3) is 0 Å². The Kier molecular flexibility index (Phi) is 17.4. The van der Waals surface area contributed by atoms with Gasteiger partial charge in [0.15, 0.2) is 0 Å². The summed E-state index contributed by atoms with van der Waals surface area (Å²) in [5.74, 6) is -0.0172. The van der Waals surface area contributed by atoms with E-state index in [1.165, 1.54) is 19.3 Å². The second-order valence-corrected chi connectivity index (χ2v) is 8.79. The summed E-state index contributed by atoms with van der Waals surface area (Å²) in [6.45, 7) is 14.8. The van der Waals surface area contributed by atoms with Gasteiger partial charge < -0.3 is 21.6 Å². The van der Waals surface area contributed by atoms with Crippen molar-refractivity contribution in [3.05, 3.63) is 47.4 Å². The minimum Gasteiger partial charge on any atom is -0.405 e. The number of amides is 1. The van der Waals surface area contributed by atoms with Gasteiger partial charge in [-0.15, -0.1) is 0 Å². The van der Waals surface area contributed by atoms with Gasteiger partial charge in [-0.3, -0.25) is 19.8 Å². The van der Waals surface area contributed by atoms with Crippen LogP contribution in [0.5, 0.6) is 0 Å². The molecule has 1 aromatic heterocycles. The highest BCUT2D eigenvalue weighted by Crippen LogP contribution is 2.21. The summed E-state index contributed by atoms with van der Waals surface area (Å²) in [7, 11) is 0. The van der Waals surface area contributed by atoms with Crippen molar-refractivity contribution >= 4 is 12.1 Å². The minimum atomic E-state index is -0.0172. The van der Waals surface area contributed by atoms with E-state index in [-0.39, 0.29) is 18.1 Å². The Bertz CT molecular complexity index is 760. The molecule has 1 amide bonds. The van der Waals surface area contributed by atoms with Gasteiger partial charge in [0.2, 0.25) is 0 Å². The van der Waals surface area contributed by atoms with Crippen molar-refractivity contribution in [1.82, 2.24) is 15.3 Å². The van der Waals surface area contributed by atoms with Gasteiger partial charge in [-0.05, 0) is 56.8 Å². The van der Waals surface area contributed by atoms with Crippen LogP contribution >= 0.6 is 0 Å². The molecule has 8 nitrogen and oxygen atoms in total. The van der Waals surface area contributed by atoms with Crippen LogP contribution in [0.4, 0.5) is 0 Å². The van der Waals surface area contributed by atoms with Crippen LogP contribution in [0.15, 0.2) is 35.6 Å². The lowest BCUT2D eigenvalue weighted by Crippen LogP contribution is -2.24. The molecular formula is C26H48N6O2. The normalized spacial score (nSPS) is 12.4. The number of hydrogen-bond donors (Lipinski definition) is 5. The molecule has 6 N–H and O–H groups in total. The standard InChI is InChI=1S/C11H16N4O.C9H17N.C6H15NO/c1-3-4-13-11(16)9-6-15-10(8(9)2)5-12-7-14-15;1-4-5-6-9(2,3)7-8-10;1-2-3-4-5-7-6-8/h5-6,14H,3-4,7H2,1-2H3,(H,13,16);4-5,7-8H,6,10H2,1-3H3;7-8H,2-6H2,1H3/b;5-4+,8-7+;. The molecule has 194 valence electrons. The third-order valence-electron chi connectivity index (χ3n) is 5.13. The molecular weight excluding hydrogens is 428 g/mol. The molecule has 1 aliphatic heterocycles. The van der Waals surface area contributed by atoms with Crippen molar-refractivity contribution in [3.8, 4) is 0 Å². The van der Waals surface area contributed by atoms with Crippen LogP contribution in [0.2, 0.25) is 0 Å². The summed E-state index contributed by atoms with van der Waals surface area (Å²) < 4.78 is 1.85. The fourth-order valence-electron chi connectivity index (χ4n) is 3.04. The van der Waals surface area contributed by atoms with Gasteiger partial charge in [0.05, 0.1) is 18.0 Å². The van der Waals surface area contributed by atoms with Gasteiger partial charge in [-0.25, -0.2) is 0 Å². The summed E-state index contributed by atoms with van der Waals surface area (Å²) in [6.07, 6.45) is 17.1. The Labute approximate surface area is 206 Å². The number of nitrogens with two attached hydrogens (primary N) is 1. The molecule has 0 bridgehead atoms. The smallest absolute Gasteiger partial charge is 0.253 e. The van der Waals surface area contributed by atoms with Crippen LogP contribution < -0.4 is 21.8 Å². The summed E-state index contributed by atoms with van der Waals surface area (Å²) in [4.78, 5) is 16.0. The molecule has 0 fully saturated rings. The number of allylic oxidation sites excluding steroid dienone is 3. The first kappa shape index (κ1) is 31.4. The number of hydrogen-bond acceptors (Lipinski definition) is 6. The number of aliphatic hydroxyl groups excluding tert-OH is 1. The number of nitrogens with one attached hydrogen (secondary N) is 3. The van der Waals surface area contributed by atoms with E-state index in [1.807, 2.05) is 37.7 Å². The molecule has 0 unspecified atom stereocenters. The fraction of sp³-hybridized carbons (Fsp3) is 0.615. The lowest BCUT2D eigenvalue weighted by Gasteiger charge is -2.16. The maximum absolute atomic E-state index is 11.8. The van der Waals surface area contributed by atoms with Crippen molar-refractivity contribution in [3.63, 3.8) is 0 Å². The molecule has 0 atom stereocenters. The van der Waals surface area contributed by atoms with Crippen molar-refractivity contribution in [2.75, 3.05) is 31.9 Å². The second-order valence-electron chi connectivity index (χ2n) is 8.79. The minimum absolute atomic E-state index is 0.0172. The van der Waals surface area contributed by atoms with Crippen LogP contribution in [0, 0.1) is 12.3 Å². The fourth-order valence-corrected chi connectivity index (χ4v) is 3.04. The predicted molar refractivity (Wildman–Crippen MR) is 145 cm³/mol. The van der Waals surface area contributed by atoms with E-state index in [4.69, 9.17) is 10.8 Å². The molecule has 0 saturated heterocycles. The summed E-state index contributed by atoms with van der Waals surface area (Å²) in [5.41, 5.74) is 11.2. The van der Waals surface area contributed by atoms with Gasteiger partial charge in [0, 0.05) is 19.0 Å². The molecule has 0 saturated carbocycles. The Morgan fingerprint density at radius 2 is 2.03 bits per heavy atom. The van der Waals surface area contributed by atoms with Crippen molar-refractivity contribution < 1.29 is 9.90 Å². The van der Waals surface area contributed by atoms with Gasteiger partial charge in [-0.1, -0.05) is 58.8 Å². The number of rotatable bonds is 11. The molecule has 1 aromatic rings. The average Bonchev–Trinajstić information content (AvgIpc) is 3.16. The lowest BCUT2D eigenvalue weighted by atomic mass is 9.89. The Morgan fingerprint density at radius 1 is 1.29 bits per heavy atom. The number of unbranched alkanes of at least 4 members (excludes halogenated alkanes) is 2. The third kappa shape index (κ3) is 13.2. The van der Waals surface area contributed by atoms with Crippen molar-refractivity contribution in [2.24, 2.45) is 16.1 Å². The van der Waals surface area contributed by atoms with Gasteiger partial charge in [-0.2, -0.15) is 0 Å². The van der Waals surface area contributed by atoms with Crippen molar-refractivity contribution in [2.45, 2.75) is 73.6 Å². The topological polar surface area (TPSA) is 117 Å². The van der Waals surface area contributed by atoms with E-state index in [1.54, 1.807) is 12.4 Å². The highest BCUT2D eigenvalue weighted by Gasteiger charge is 2.17. The van der Waals surface area contributed by atoms with Gasteiger partial charge in [0.1, 0.15) is 6.67 Å². The van der Waals surface area contributed by atoms with E-state index >= 15 is 0 Å². The number of nitrogens with zero attached hydrogens (tertiary/aromatic N) is 2. The molecule has 0 spiro atoms. The SMILES string of the molecule is C/C=C/CC(C)(C)/C=C/N.CCCCCNCO.CCCNC(=O)c1cn2c(c1C)C=NCN2. The van der Waals surface area contributed by atoms with E-state index in [0.29, 0.717) is 18.8 Å². The number of aliphatic hydroxyl groups is 1. The van der Waals surface area contributed by atoms with Crippen molar-refractivity contribution in [1.29, 1.82) is 0 Å². The summed E-state index contributed by atoms with van der Waals surface area (Å²) >= 11 is 0. The molecule has 1 aliphatic rings. The molecule has 8 heteroatoms. The zero-order valence-corrected chi connectivity index (χ0v) is 22.2. The predicted octanol–water partition coefficient (Wildman–Crippen LogP) is 4.04. The van der Waals surface area contributed by atoms with Crippen LogP contribution in [-0.2, 0) is 0 Å². The van der Waals surface area contributed by atoms with E-state index in [2.05, 4.69) is 54.0 Å². The Morgan fingerprint density at radius 3 is 2.59 bits per heavy atom. The number of fused-ring (bicyclic) bond motifs is 1. The molecule has 2 heterocycles. The van der Waals surface area contributed by atoms with Gasteiger partial charge in [0.25, 0.3) is 5.91 Å².